The Morgan fingerprint density at radius 2 is 2.06 bits per heavy atom. The first-order valence-corrected chi connectivity index (χ1v) is 6.44. The summed E-state index contributed by atoms with van der Waals surface area (Å²) < 4.78 is 7.95. The number of hydrogen-bond donors (Lipinski definition) is 0. The molecule has 0 unspecified atom stereocenters. The minimum Gasteiger partial charge on any atom is -0.378 e. The van der Waals surface area contributed by atoms with Gasteiger partial charge in [0.25, 0.3) is 0 Å². The number of amides is 1. The smallest absolute Gasteiger partial charge is 0.244 e. The predicted octanol–water partition coefficient (Wildman–Crippen LogP) is 1.12. The van der Waals surface area contributed by atoms with Crippen LogP contribution in [0.4, 0.5) is 0 Å². The van der Waals surface area contributed by atoms with Crippen LogP contribution in [0.15, 0.2) is 4.47 Å². The van der Waals surface area contributed by atoms with Crippen LogP contribution in [0.2, 0.25) is 0 Å². The SMILES string of the molecule is Cc1nn(CC(=O)N2CCOCC2)c(C)c1Br. The average Bonchev–Trinajstić information content (AvgIpc) is 2.58. The number of rotatable bonds is 2. The Morgan fingerprint density at radius 1 is 1.41 bits per heavy atom. The van der Waals surface area contributed by atoms with Gasteiger partial charge in [0, 0.05) is 13.1 Å². The number of halogens is 1. The lowest BCUT2D eigenvalue weighted by Gasteiger charge is -2.26. The lowest BCUT2D eigenvalue weighted by atomic mass is 10.4. The van der Waals surface area contributed by atoms with Crippen LogP contribution >= 0.6 is 15.9 Å². The summed E-state index contributed by atoms with van der Waals surface area (Å²) >= 11 is 3.46. The van der Waals surface area contributed by atoms with Gasteiger partial charge in [-0.1, -0.05) is 0 Å². The minimum atomic E-state index is 0.103. The van der Waals surface area contributed by atoms with E-state index in [4.69, 9.17) is 4.74 Å². The molecule has 2 rings (SSSR count). The molecule has 1 aliphatic heterocycles. The van der Waals surface area contributed by atoms with Gasteiger partial charge < -0.3 is 9.64 Å². The maximum atomic E-state index is 12.0. The summed E-state index contributed by atoms with van der Waals surface area (Å²) in [6.07, 6.45) is 0. The number of ether oxygens (including phenoxy) is 1. The lowest BCUT2D eigenvalue weighted by Crippen LogP contribution is -2.42. The Balaban J connectivity index is 2.04. The monoisotopic (exact) mass is 301 g/mol. The van der Waals surface area contributed by atoms with Crippen molar-refractivity contribution in [3.05, 3.63) is 15.9 Å². The second kappa shape index (κ2) is 5.18. The normalized spacial score (nSPS) is 16.3. The van der Waals surface area contributed by atoms with E-state index in [9.17, 15) is 4.79 Å². The fourth-order valence-corrected chi connectivity index (χ4v) is 2.15. The Labute approximate surface area is 109 Å². The molecule has 0 N–H and O–H groups in total. The van der Waals surface area contributed by atoms with Crippen molar-refractivity contribution in [2.24, 2.45) is 0 Å². The first-order valence-electron chi connectivity index (χ1n) is 5.64. The minimum absolute atomic E-state index is 0.103. The quantitative estimate of drug-likeness (QED) is 0.822. The Kier molecular flexibility index (Phi) is 3.83. The van der Waals surface area contributed by atoms with Crippen LogP contribution in [0.5, 0.6) is 0 Å². The third-order valence-electron chi connectivity index (χ3n) is 2.94. The second-order valence-electron chi connectivity index (χ2n) is 4.14. The summed E-state index contributed by atoms with van der Waals surface area (Å²) in [5.41, 5.74) is 1.90. The lowest BCUT2D eigenvalue weighted by molar-refractivity contribution is -0.136. The summed E-state index contributed by atoms with van der Waals surface area (Å²) in [4.78, 5) is 13.9. The zero-order chi connectivity index (χ0) is 12.4. The van der Waals surface area contributed by atoms with Gasteiger partial charge in [-0.05, 0) is 29.8 Å². The Hall–Kier alpha value is -0.880. The zero-order valence-corrected chi connectivity index (χ0v) is 11.7. The van der Waals surface area contributed by atoms with Crippen molar-refractivity contribution in [2.75, 3.05) is 26.3 Å². The summed E-state index contributed by atoms with van der Waals surface area (Å²) in [7, 11) is 0. The fraction of sp³-hybridized carbons (Fsp3) is 0.636. The van der Waals surface area contributed by atoms with E-state index in [1.54, 1.807) is 4.68 Å². The van der Waals surface area contributed by atoms with Crippen LogP contribution in [-0.2, 0) is 16.1 Å². The fourth-order valence-electron chi connectivity index (χ4n) is 1.87. The number of aryl methyl sites for hydroxylation is 1. The molecule has 0 aromatic carbocycles. The number of carbonyl (C=O) groups excluding carboxylic acids is 1. The number of nitrogens with zero attached hydrogens (tertiary/aromatic N) is 3. The molecule has 1 aromatic rings. The highest BCUT2D eigenvalue weighted by Crippen LogP contribution is 2.19. The highest BCUT2D eigenvalue weighted by Gasteiger charge is 2.19. The predicted molar refractivity (Wildman–Crippen MR) is 66.8 cm³/mol. The van der Waals surface area contributed by atoms with Crippen molar-refractivity contribution >= 4 is 21.8 Å². The molecule has 5 nitrogen and oxygen atoms in total. The molecule has 0 bridgehead atoms. The maximum Gasteiger partial charge on any atom is 0.244 e. The molecular weight excluding hydrogens is 286 g/mol. The van der Waals surface area contributed by atoms with Gasteiger partial charge in [0.1, 0.15) is 6.54 Å². The van der Waals surface area contributed by atoms with Crippen molar-refractivity contribution in [3.8, 4) is 0 Å². The first kappa shape index (κ1) is 12.6. The van der Waals surface area contributed by atoms with Crippen LogP contribution < -0.4 is 0 Å². The van der Waals surface area contributed by atoms with Crippen LogP contribution in [0.3, 0.4) is 0 Å². The Morgan fingerprint density at radius 3 is 2.59 bits per heavy atom. The van der Waals surface area contributed by atoms with Crippen LogP contribution in [-0.4, -0.2) is 46.9 Å². The summed E-state index contributed by atoms with van der Waals surface area (Å²) in [6, 6.07) is 0. The standard InChI is InChI=1S/C11H16BrN3O2/c1-8-11(12)9(2)15(13-8)7-10(16)14-3-5-17-6-4-14/h3-7H2,1-2H3. The van der Waals surface area contributed by atoms with Crippen molar-refractivity contribution in [1.29, 1.82) is 0 Å². The van der Waals surface area contributed by atoms with Crippen LogP contribution in [0.1, 0.15) is 11.4 Å². The van der Waals surface area contributed by atoms with E-state index in [1.165, 1.54) is 0 Å². The van der Waals surface area contributed by atoms with E-state index in [0.29, 0.717) is 32.8 Å². The summed E-state index contributed by atoms with van der Waals surface area (Å²) in [6.45, 7) is 6.81. The molecule has 6 heteroatoms. The summed E-state index contributed by atoms with van der Waals surface area (Å²) in [5, 5.41) is 4.34. The van der Waals surface area contributed by atoms with E-state index in [-0.39, 0.29) is 5.91 Å². The topological polar surface area (TPSA) is 47.4 Å². The molecule has 0 radical (unpaired) electrons. The third-order valence-corrected chi connectivity index (χ3v) is 4.09. The van der Waals surface area contributed by atoms with Crippen molar-refractivity contribution in [1.82, 2.24) is 14.7 Å². The van der Waals surface area contributed by atoms with E-state index < -0.39 is 0 Å². The largest absolute Gasteiger partial charge is 0.378 e. The molecule has 94 valence electrons. The molecule has 2 heterocycles. The molecular formula is C11H16BrN3O2. The molecule has 1 aromatic heterocycles. The number of carbonyl (C=O) groups is 1. The van der Waals surface area contributed by atoms with Gasteiger partial charge in [0.2, 0.25) is 5.91 Å². The maximum absolute atomic E-state index is 12.0. The molecule has 0 spiro atoms. The molecule has 1 aliphatic rings. The summed E-state index contributed by atoms with van der Waals surface area (Å²) in [5.74, 6) is 0.103. The van der Waals surface area contributed by atoms with Gasteiger partial charge in [-0.25, -0.2) is 0 Å². The van der Waals surface area contributed by atoms with Gasteiger partial charge in [-0.2, -0.15) is 5.10 Å². The molecule has 0 atom stereocenters. The van der Waals surface area contributed by atoms with Gasteiger partial charge in [0.15, 0.2) is 0 Å². The van der Waals surface area contributed by atoms with E-state index in [2.05, 4.69) is 21.0 Å². The molecule has 17 heavy (non-hydrogen) atoms. The molecule has 1 saturated heterocycles. The Bertz CT molecular complexity index is 425. The number of morpholine rings is 1. The number of hydrogen-bond acceptors (Lipinski definition) is 3. The molecule has 1 amide bonds. The van der Waals surface area contributed by atoms with Crippen LogP contribution in [0, 0.1) is 13.8 Å². The zero-order valence-electron chi connectivity index (χ0n) is 10.1. The van der Waals surface area contributed by atoms with Crippen molar-refractivity contribution < 1.29 is 9.53 Å². The number of aromatic nitrogens is 2. The van der Waals surface area contributed by atoms with Crippen molar-refractivity contribution in [3.63, 3.8) is 0 Å². The van der Waals surface area contributed by atoms with E-state index in [0.717, 1.165) is 15.9 Å². The van der Waals surface area contributed by atoms with Gasteiger partial charge in [0.05, 0.1) is 29.1 Å². The second-order valence-corrected chi connectivity index (χ2v) is 4.93. The highest BCUT2D eigenvalue weighted by molar-refractivity contribution is 9.10. The first-order chi connectivity index (χ1) is 8.09. The van der Waals surface area contributed by atoms with E-state index >= 15 is 0 Å². The van der Waals surface area contributed by atoms with E-state index in [1.807, 2.05) is 18.7 Å². The van der Waals surface area contributed by atoms with Gasteiger partial charge >= 0.3 is 0 Å². The van der Waals surface area contributed by atoms with Crippen molar-refractivity contribution in [2.45, 2.75) is 20.4 Å². The molecule has 1 fully saturated rings. The molecule has 0 aliphatic carbocycles. The average molecular weight is 302 g/mol. The van der Waals surface area contributed by atoms with Crippen LogP contribution in [0.25, 0.3) is 0 Å². The third kappa shape index (κ3) is 2.69. The molecule has 0 saturated carbocycles. The van der Waals surface area contributed by atoms with Gasteiger partial charge in [-0.3, -0.25) is 9.48 Å². The van der Waals surface area contributed by atoms with Gasteiger partial charge in [-0.15, -0.1) is 0 Å². The highest BCUT2D eigenvalue weighted by atomic mass is 79.9.